The first-order valence-electron chi connectivity index (χ1n) is 8.00. The number of ether oxygens (including phenoxy) is 1. The Morgan fingerprint density at radius 3 is 2.89 bits per heavy atom. The molecule has 0 radical (unpaired) electrons. The Hall–Kier alpha value is -3.32. The molecule has 0 fully saturated rings. The van der Waals surface area contributed by atoms with Crippen molar-refractivity contribution in [3.05, 3.63) is 81.6 Å². The van der Waals surface area contributed by atoms with Gasteiger partial charge >= 0.3 is 0 Å². The lowest BCUT2D eigenvalue weighted by molar-refractivity contribution is 0.250. The molecule has 0 saturated carbocycles. The van der Waals surface area contributed by atoms with Crippen LogP contribution in [0.5, 0.6) is 5.75 Å². The highest BCUT2D eigenvalue weighted by Crippen LogP contribution is 2.23. The van der Waals surface area contributed by atoms with Gasteiger partial charge in [-0.15, -0.1) is 0 Å². The van der Waals surface area contributed by atoms with E-state index in [9.17, 15) is 9.18 Å². The first kappa shape index (κ1) is 17.1. The van der Waals surface area contributed by atoms with Gasteiger partial charge in [-0.05, 0) is 42.5 Å². The largest absolute Gasteiger partial charge is 0.486 e. The molecule has 8 heteroatoms. The minimum atomic E-state index is -0.522. The van der Waals surface area contributed by atoms with Gasteiger partial charge in [0.15, 0.2) is 11.6 Å². The van der Waals surface area contributed by atoms with Crippen LogP contribution in [0.15, 0.2) is 63.9 Å². The van der Waals surface area contributed by atoms with Gasteiger partial charge in [0, 0.05) is 28.7 Å². The number of anilines is 2. The van der Waals surface area contributed by atoms with Gasteiger partial charge in [-0.3, -0.25) is 4.79 Å². The highest BCUT2D eigenvalue weighted by atomic mass is 35.5. The predicted octanol–water partition coefficient (Wildman–Crippen LogP) is 4.63. The average Bonchev–Trinajstić information content (AvgIpc) is 3.10. The number of aromatic nitrogens is 2. The van der Waals surface area contributed by atoms with Crippen molar-refractivity contribution in [1.82, 2.24) is 10.1 Å². The summed E-state index contributed by atoms with van der Waals surface area (Å²) in [5.74, 6) is 1.02. The maximum atomic E-state index is 13.5. The second kappa shape index (κ2) is 7.13. The van der Waals surface area contributed by atoms with E-state index in [-0.39, 0.29) is 17.2 Å². The predicted molar refractivity (Wildman–Crippen MR) is 100 cm³/mol. The lowest BCUT2D eigenvalue weighted by Gasteiger charge is -2.05. The summed E-state index contributed by atoms with van der Waals surface area (Å²) >= 11 is 5.66. The Balaban J connectivity index is 1.42. The van der Waals surface area contributed by atoms with Gasteiger partial charge in [-0.1, -0.05) is 16.8 Å². The molecule has 4 aromatic rings. The van der Waals surface area contributed by atoms with Crippen molar-refractivity contribution in [2.45, 2.75) is 6.61 Å². The molecule has 136 valence electrons. The zero-order valence-electron chi connectivity index (χ0n) is 13.8. The van der Waals surface area contributed by atoms with Gasteiger partial charge in [0.1, 0.15) is 18.2 Å². The number of aromatic amines is 1. The van der Waals surface area contributed by atoms with Crippen molar-refractivity contribution < 1.29 is 13.7 Å². The number of halogens is 2. The third-order valence-electron chi connectivity index (χ3n) is 3.83. The van der Waals surface area contributed by atoms with Crippen LogP contribution in [0.25, 0.3) is 10.9 Å². The molecular formula is C19H13ClFN3O3. The summed E-state index contributed by atoms with van der Waals surface area (Å²) in [4.78, 5) is 14.0. The van der Waals surface area contributed by atoms with E-state index in [1.807, 2.05) is 6.07 Å². The third-order valence-corrected chi connectivity index (χ3v) is 4.13. The Labute approximate surface area is 157 Å². The Bertz CT molecular complexity index is 1170. The molecule has 2 N–H and O–H groups in total. The fraction of sp³-hybridized carbons (Fsp3) is 0.0526. The van der Waals surface area contributed by atoms with E-state index in [1.165, 1.54) is 18.2 Å². The number of rotatable bonds is 5. The zero-order chi connectivity index (χ0) is 18.8. The van der Waals surface area contributed by atoms with Gasteiger partial charge in [0.05, 0.1) is 5.02 Å². The van der Waals surface area contributed by atoms with Crippen molar-refractivity contribution in [2.24, 2.45) is 0 Å². The van der Waals surface area contributed by atoms with E-state index < -0.39 is 5.82 Å². The highest BCUT2D eigenvalue weighted by Gasteiger charge is 2.08. The molecule has 27 heavy (non-hydrogen) atoms. The lowest BCUT2D eigenvalue weighted by Crippen LogP contribution is -2.02. The summed E-state index contributed by atoms with van der Waals surface area (Å²) < 4.78 is 24.4. The Morgan fingerprint density at radius 1 is 1.15 bits per heavy atom. The van der Waals surface area contributed by atoms with E-state index in [4.69, 9.17) is 20.9 Å². The number of benzene rings is 2. The standard InChI is InChI=1S/C19H13ClFN3O3/c20-15-4-2-12(8-16(15)21)22-18-9-14(27-24-18)10-26-13-3-5-17-11(7-13)1-6-19(25)23-17/h1-9H,10H2,(H,22,24)(H,23,25). The fourth-order valence-electron chi connectivity index (χ4n) is 2.54. The number of fused-ring (bicyclic) bond motifs is 1. The maximum absolute atomic E-state index is 13.5. The van der Waals surface area contributed by atoms with Crippen LogP contribution >= 0.6 is 11.6 Å². The van der Waals surface area contributed by atoms with E-state index in [0.29, 0.717) is 23.0 Å². The third kappa shape index (κ3) is 3.93. The summed E-state index contributed by atoms with van der Waals surface area (Å²) in [6, 6.07) is 14.5. The first-order valence-corrected chi connectivity index (χ1v) is 8.38. The molecule has 0 atom stereocenters. The van der Waals surface area contributed by atoms with Crippen molar-refractivity contribution in [3.63, 3.8) is 0 Å². The summed E-state index contributed by atoms with van der Waals surface area (Å²) in [7, 11) is 0. The molecule has 6 nitrogen and oxygen atoms in total. The van der Waals surface area contributed by atoms with E-state index in [2.05, 4.69) is 15.5 Å². The molecule has 2 heterocycles. The van der Waals surface area contributed by atoms with Crippen LogP contribution in [-0.4, -0.2) is 10.1 Å². The molecule has 2 aromatic carbocycles. The SMILES string of the molecule is O=c1ccc2cc(OCc3cc(Nc4ccc(Cl)c(F)c4)no3)ccc2[nH]1. The number of nitrogens with one attached hydrogen (secondary N) is 2. The smallest absolute Gasteiger partial charge is 0.248 e. The lowest BCUT2D eigenvalue weighted by atomic mass is 10.2. The topological polar surface area (TPSA) is 80.2 Å². The molecule has 0 saturated heterocycles. The van der Waals surface area contributed by atoms with Crippen LogP contribution in [0.1, 0.15) is 5.76 Å². The maximum Gasteiger partial charge on any atom is 0.248 e. The quantitative estimate of drug-likeness (QED) is 0.523. The summed E-state index contributed by atoms with van der Waals surface area (Å²) in [6.07, 6.45) is 0. The van der Waals surface area contributed by atoms with Crippen molar-refractivity contribution in [2.75, 3.05) is 5.32 Å². The summed E-state index contributed by atoms with van der Waals surface area (Å²) in [5.41, 5.74) is 1.08. The van der Waals surface area contributed by atoms with Crippen LogP contribution in [0.3, 0.4) is 0 Å². The molecule has 0 amide bonds. The van der Waals surface area contributed by atoms with Crippen molar-refractivity contribution in [3.8, 4) is 5.75 Å². The summed E-state index contributed by atoms with van der Waals surface area (Å²) in [6.45, 7) is 0.165. The van der Waals surface area contributed by atoms with Crippen LogP contribution in [0.4, 0.5) is 15.9 Å². The second-order valence-corrected chi connectivity index (χ2v) is 6.20. The van der Waals surface area contributed by atoms with Gasteiger partial charge in [-0.2, -0.15) is 0 Å². The van der Waals surface area contributed by atoms with Gasteiger partial charge < -0.3 is 19.6 Å². The number of hydrogen-bond donors (Lipinski definition) is 2. The number of nitrogens with zero attached hydrogens (tertiary/aromatic N) is 1. The van der Waals surface area contributed by atoms with E-state index in [1.54, 1.807) is 30.3 Å². The zero-order valence-corrected chi connectivity index (χ0v) is 14.6. The monoisotopic (exact) mass is 385 g/mol. The minimum Gasteiger partial charge on any atom is -0.486 e. The molecule has 4 rings (SSSR count). The van der Waals surface area contributed by atoms with Crippen molar-refractivity contribution in [1.29, 1.82) is 0 Å². The van der Waals surface area contributed by atoms with Crippen molar-refractivity contribution >= 4 is 34.0 Å². The Kier molecular flexibility index (Phi) is 4.52. The Morgan fingerprint density at radius 2 is 2.04 bits per heavy atom. The van der Waals surface area contributed by atoms with Crippen LogP contribution in [0, 0.1) is 5.82 Å². The highest BCUT2D eigenvalue weighted by molar-refractivity contribution is 6.30. The van der Waals surface area contributed by atoms with E-state index >= 15 is 0 Å². The number of hydrogen-bond acceptors (Lipinski definition) is 5. The minimum absolute atomic E-state index is 0.0502. The summed E-state index contributed by atoms with van der Waals surface area (Å²) in [5, 5.41) is 7.71. The van der Waals surface area contributed by atoms with Gasteiger partial charge in [0.2, 0.25) is 5.56 Å². The average molecular weight is 386 g/mol. The molecule has 0 bridgehead atoms. The molecule has 0 aliphatic carbocycles. The molecular weight excluding hydrogens is 373 g/mol. The van der Waals surface area contributed by atoms with E-state index in [0.717, 1.165) is 10.9 Å². The molecule has 0 unspecified atom stereocenters. The normalized spacial score (nSPS) is 10.9. The number of pyridine rings is 1. The number of H-pyrrole nitrogens is 1. The van der Waals surface area contributed by atoms with Gasteiger partial charge in [0.25, 0.3) is 0 Å². The molecule has 0 aliphatic heterocycles. The molecule has 0 spiro atoms. The second-order valence-electron chi connectivity index (χ2n) is 5.79. The van der Waals surface area contributed by atoms with Gasteiger partial charge in [-0.25, -0.2) is 4.39 Å². The van der Waals surface area contributed by atoms with Crippen LogP contribution in [0.2, 0.25) is 5.02 Å². The first-order chi connectivity index (χ1) is 13.1. The molecule has 0 aliphatic rings. The molecule has 2 aromatic heterocycles. The van der Waals surface area contributed by atoms with Crippen LogP contribution in [-0.2, 0) is 6.61 Å². The van der Waals surface area contributed by atoms with Crippen LogP contribution < -0.4 is 15.6 Å². The fourth-order valence-corrected chi connectivity index (χ4v) is 2.66.